The summed E-state index contributed by atoms with van der Waals surface area (Å²) >= 11 is 7.57. The van der Waals surface area contributed by atoms with Gasteiger partial charge in [0, 0.05) is 31.1 Å². The van der Waals surface area contributed by atoms with E-state index in [1.54, 1.807) is 11.3 Å². The lowest BCUT2D eigenvalue weighted by atomic mass is 10.1. The molecule has 1 aliphatic rings. The van der Waals surface area contributed by atoms with Gasteiger partial charge in [-0.15, -0.1) is 11.3 Å². The average Bonchev–Trinajstić information content (AvgIpc) is 3.23. The molecule has 0 amide bonds. The Kier molecular flexibility index (Phi) is 5.02. The van der Waals surface area contributed by atoms with Gasteiger partial charge in [0.1, 0.15) is 23.7 Å². The summed E-state index contributed by atoms with van der Waals surface area (Å²) in [5, 5.41) is 0.726. The summed E-state index contributed by atoms with van der Waals surface area (Å²) in [6, 6.07) is 13.6. The number of fused-ring (bicyclic) bond motifs is 1. The summed E-state index contributed by atoms with van der Waals surface area (Å²) < 4.78 is 13.3. The van der Waals surface area contributed by atoms with Crippen LogP contribution in [0.3, 0.4) is 0 Å². The molecular formula is C20H21ClN2O2S. The molecule has 26 heavy (non-hydrogen) atoms. The third-order valence-corrected chi connectivity index (χ3v) is 5.72. The van der Waals surface area contributed by atoms with Gasteiger partial charge < -0.3 is 9.47 Å². The highest BCUT2D eigenvalue weighted by Gasteiger charge is 2.35. The van der Waals surface area contributed by atoms with Gasteiger partial charge in [0.05, 0.1) is 15.7 Å². The molecule has 4 rings (SSSR count). The number of aromatic nitrogens is 1. The Morgan fingerprint density at radius 1 is 1.19 bits per heavy atom. The molecule has 4 nitrogen and oxygen atoms in total. The van der Waals surface area contributed by atoms with E-state index < -0.39 is 0 Å². The van der Waals surface area contributed by atoms with Gasteiger partial charge in [0.2, 0.25) is 0 Å². The fourth-order valence-corrected chi connectivity index (χ4v) is 4.14. The lowest BCUT2D eigenvalue weighted by Crippen LogP contribution is -2.37. The van der Waals surface area contributed by atoms with E-state index in [4.69, 9.17) is 21.1 Å². The van der Waals surface area contributed by atoms with Crippen LogP contribution in [0.15, 0.2) is 48.0 Å². The Bertz CT molecular complexity index is 883. The van der Waals surface area contributed by atoms with E-state index >= 15 is 0 Å². The predicted molar refractivity (Wildman–Crippen MR) is 107 cm³/mol. The minimum Gasteiger partial charge on any atom is -0.492 e. The van der Waals surface area contributed by atoms with Crippen molar-refractivity contribution in [1.29, 1.82) is 0 Å². The Morgan fingerprint density at radius 2 is 2.00 bits per heavy atom. The molecule has 2 aromatic carbocycles. The summed E-state index contributed by atoms with van der Waals surface area (Å²) in [6.07, 6.45) is 1.00. The molecule has 1 aromatic heterocycles. The maximum atomic E-state index is 6.21. The first-order chi connectivity index (χ1) is 12.6. The van der Waals surface area contributed by atoms with Crippen LogP contribution >= 0.6 is 22.9 Å². The zero-order valence-electron chi connectivity index (χ0n) is 14.7. The van der Waals surface area contributed by atoms with Gasteiger partial charge in [-0.25, -0.2) is 4.98 Å². The molecule has 0 N–H and O–H groups in total. The largest absolute Gasteiger partial charge is 0.492 e. The number of hydrogen-bond acceptors (Lipinski definition) is 5. The van der Waals surface area contributed by atoms with Crippen molar-refractivity contribution in [2.45, 2.75) is 18.9 Å². The van der Waals surface area contributed by atoms with Crippen LogP contribution < -0.4 is 9.47 Å². The van der Waals surface area contributed by atoms with Gasteiger partial charge in [0.15, 0.2) is 0 Å². The zero-order chi connectivity index (χ0) is 18.0. The molecule has 1 fully saturated rings. The van der Waals surface area contributed by atoms with Gasteiger partial charge in [-0.2, -0.15) is 0 Å². The number of ether oxygens (including phenoxy) is 2. The van der Waals surface area contributed by atoms with Gasteiger partial charge >= 0.3 is 0 Å². The van der Waals surface area contributed by atoms with E-state index in [2.05, 4.69) is 22.9 Å². The van der Waals surface area contributed by atoms with Crippen LogP contribution in [0.25, 0.3) is 10.2 Å². The highest BCUT2D eigenvalue weighted by Crippen LogP contribution is 2.28. The van der Waals surface area contributed by atoms with E-state index in [0.29, 0.717) is 6.61 Å². The molecule has 2 heterocycles. The van der Waals surface area contributed by atoms with Gasteiger partial charge in [-0.3, -0.25) is 4.90 Å². The Hall–Kier alpha value is -1.82. The standard InChI is InChI=1S/C20H21ClN2O2S/c1-20(25-16-4-2-15(21)3-5-16)8-9-23(13-20)10-11-24-17-6-7-18-19(12-17)26-14-22-18/h2-7,12,14H,8-11,13H2,1H3. The molecule has 3 aromatic rings. The van der Waals surface area contributed by atoms with Crippen molar-refractivity contribution < 1.29 is 9.47 Å². The lowest BCUT2D eigenvalue weighted by Gasteiger charge is -2.26. The van der Waals surface area contributed by atoms with Crippen molar-refractivity contribution in [2.75, 3.05) is 26.2 Å². The topological polar surface area (TPSA) is 34.6 Å². The molecule has 1 unspecified atom stereocenters. The van der Waals surface area contributed by atoms with E-state index in [0.717, 1.165) is 52.8 Å². The molecule has 0 spiro atoms. The summed E-state index contributed by atoms with van der Waals surface area (Å²) in [6.45, 7) is 5.63. The van der Waals surface area contributed by atoms with Crippen molar-refractivity contribution >= 4 is 33.2 Å². The summed E-state index contributed by atoms with van der Waals surface area (Å²) in [7, 11) is 0. The summed E-state index contributed by atoms with van der Waals surface area (Å²) in [5.41, 5.74) is 2.72. The molecule has 1 saturated heterocycles. The van der Waals surface area contributed by atoms with Crippen LogP contribution in [0, 0.1) is 0 Å². The Balaban J connectivity index is 1.27. The molecular weight excluding hydrogens is 368 g/mol. The molecule has 0 bridgehead atoms. The second kappa shape index (κ2) is 7.43. The first-order valence-corrected chi connectivity index (χ1v) is 9.98. The fourth-order valence-electron chi connectivity index (χ4n) is 3.30. The second-order valence-electron chi connectivity index (χ2n) is 6.86. The molecule has 136 valence electrons. The first-order valence-electron chi connectivity index (χ1n) is 8.73. The minimum atomic E-state index is -0.171. The smallest absolute Gasteiger partial charge is 0.120 e. The first kappa shape index (κ1) is 17.6. The van der Waals surface area contributed by atoms with Crippen molar-refractivity contribution in [3.8, 4) is 11.5 Å². The Labute approximate surface area is 162 Å². The van der Waals surface area contributed by atoms with Crippen LogP contribution in [0.5, 0.6) is 11.5 Å². The fraction of sp³-hybridized carbons (Fsp3) is 0.350. The highest BCUT2D eigenvalue weighted by molar-refractivity contribution is 7.16. The molecule has 1 atom stereocenters. The second-order valence-corrected chi connectivity index (χ2v) is 8.19. The van der Waals surface area contributed by atoms with E-state index in [9.17, 15) is 0 Å². The van der Waals surface area contributed by atoms with E-state index in [1.165, 1.54) is 0 Å². The SMILES string of the molecule is CC1(Oc2ccc(Cl)cc2)CCN(CCOc2ccc3ncsc3c2)C1. The van der Waals surface area contributed by atoms with E-state index in [1.807, 2.05) is 41.9 Å². The molecule has 0 aliphatic carbocycles. The summed E-state index contributed by atoms with van der Waals surface area (Å²) in [4.78, 5) is 6.68. The van der Waals surface area contributed by atoms with Crippen molar-refractivity contribution in [1.82, 2.24) is 9.88 Å². The molecule has 0 radical (unpaired) electrons. The van der Waals surface area contributed by atoms with Crippen LogP contribution in [-0.4, -0.2) is 41.7 Å². The average molecular weight is 389 g/mol. The quantitative estimate of drug-likeness (QED) is 0.603. The number of likely N-dealkylation sites (tertiary alicyclic amines) is 1. The van der Waals surface area contributed by atoms with Gasteiger partial charge in [-0.05, 0) is 49.4 Å². The molecule has 6 heteroatoms. The molecule has 1 aliphatic heterocycles. The summed E-state index contributed by atoms with van der Waals surface area (Å²) in [5.74, 6) is 1.77. The third kappa shape index (κ3) is 4.11. The minimum absolute atomic E-state index is 0.171. The number of hydrogen-bond donors (Lipinski definition) is 0. The predicted octanol–water partition coefficient (Wildman–Crippen LogP) is 4.87. The Morgan fingerprint density at radius 3 is 2.85 bits per heavy atom. The lowest BCUT2D eigenvalue weighted by molar-refractivity contribution is 0.0935. The van der Waals surface area contributed by atoms with Crippen LogP contribution in [0.2, 0.25) is 5.02 Å². The number of nitrogens with zero attached hydrogens (tertiary/aromatic N) is 2. The van der Waals surface area contributed by atoms with Gasteiger partial charge in [0.25, 0.3) is 0 Å². The number of halogens is 1. The van der Waals surface area contributed by atoms with Crippen LogP contribution in [-0.2, 0) is 0 Å². The zero-order valence-corrected chi connectivity index (χ0v) is 16.2. The van der Waals surface area contributed by atoms with Crippen molar-refractivity contribution in [3.63, 3.8) is 0 Å². The van der Waals surface area contributed by atoms with Gasteiger partial charge in [-0.1, -0.05) is 11.6 Å². The maximum Gasteiger partial charge on any atom is 0.120 e. The van der Waals surface area contributed by atoms with Crippen molar-refractivity contribution in [2.24, 2.45) is 0 Å². The number of benzene rings is 2. The van der Waals surface area contributed by atoms with Crippen molar-refractivity contribution in [3.05, 3.63) is 53.0 Å². The molecule has 0 saturated carbocycles. The number of rotatable bonds is 6. The highest BCUT2D eigenvalue weighted by atomic mass is 35.5. The number of thiazole rings is 1. The van der Waals surface area contributed by atoms with E-state index in [-0.39, 0.29) is 5.60 Å². The maximum absolute atomic E-state index is 6.21. The van der Waals surface area contributed by atoms with Crippen LogP contribution in [0.4, 0.5) is 0 Å². The third-order valence-electron chi connectivity index (χ3n) is 4.67. The monoisotopic (exact) mass is 388 g/mol. The van der Waals surface area contributed by atoms with Crippen LogP contribution in [0.1, 0.15) is 13.3 Å². The normalized spacial score (nSPS) is 20.5.